The molecular formula is C8H3F6NO. The van der Waals surface area contributed by atoms with Crippen molar-refractivity contribution in [2.75, 3.05) is 0 Å². The van der Waals surface area contributed by atoms with E-state index in [-0.39, 0.29) is 12.4 Å². The van der Waals surface area contributed by atoms with Crippen molar-refractivity contribution in [1.29, 1.82) is 0 Å². The second-order valence-electron chi connectivity index (χ2n) is 2.72. The highest BCUT2D eigenvalue weighted by atomic mass is 19.4. The highest BCUT2D eigenvalue weighted by molar-refractivity contribution is 5.72. The van der Waals surface area contributed by atoms with E-state index in [0.29, 0.717) is 0 Å². The predicted molar refractivity (Wildman–Crippen MR) is 39.5 cm³/mol. The molecule has 0 aliphatic rings. The topological polar surface area (TPSA) is 30.0 Å². The minimum Gasteiger partial charge on any atom is -0.296 e. The third-order valence-electron chi connectivity index (χ3n) is 1.63. The van der Waals surface area contributed by atoms with E-state index in [9.17, 15) is 31.1 Å². The van der Waals surface area contributed by atoms with Crippen LogP contribution in [0.5, 0.6) is 0 Å². The van der Waals surface area contributed by atoms with Crippen molar-refractivity contribution in [3.05, 3.63) is 28.8 Å². The SMILES string of the molecule is O=Cc1cc(C(F)F)c(F)c(C(F)(F)F)n1. The van der Waals surface area contributed by atoms with Crippen LogP contribution in [-0.4, -0.2) is 11.3 Å². The van der Waals surface area contributed by atoms with Crippen molar-refractivity contribution in [3.63, 3.8) is 0 Å². The first-order valence-electron chi connectivity index (χ1n) is 3.78. The third kappa shape index (κ3) is 2.31. The summed E-state index contributed by atoms with van der Waals surface area (Å²) in [5.74, 6) is -2.16. The molecule has 0 saturated carbocycles. The Bertz CT molecular complexity index is 414. The van der Waals surface area contributed by atoms with E-state index in [0.717, 1.165) is 0 Å². The van der Waals surface area contributed by atoms with Crippen LogP contribution in [0.25, 0.3) is 0 Å². The molecule has 0 unspecified atom stereocenters. The first kappa shape index (κ1) is 12.5. The first-order chi connectivity index (χ1) is 7.27. The number of carbonyl (C=O) groups is 1. The molecule has 8 heteroatoms. The van der Waals surface area contributed by atoms with Gasteiger partial charge in [0.1, 0.15) is 5.69 Å². The van der Waals surface area contributed by atoms with Crippen LogP contribution >= 0.6 is 0 Å². The molecule has 1 aromatic rings. The lowest BCUT2D eigenvalue weighted by Gasteiger charge is -2.10. The smallest absolute Gasteiger partial charge is 0.296 e. The van der Waals surface area contributed by atoms with Crippen molar-refractivity contribution in [2.24, 2.45) is 0 Å². The van der Waals surface area contributed by atoms with Crippen molar-refractivity contribution in [3.8, 4) is 0 Å². The Balaban J connectivity index is 3.49. The Kier molecular flexibility index (Phi) is 3.20. The molecule has 0 fully saturated rings. The highest BCUT2D eigenvalue weighted by Crippen LogP contribution is 2.33. The van der Waals surface area contributed by atoms with E-state index >= 15 is 0 Å². The number of pyridine rings is 1. The fourth-order valence-corrected chi connectivity index (χ4v) is 0.977. The first-order valence-corrected chi connectivity index (χ1v) is 3.78. The van der Waals surface area contributed by atoms with Gasteiger partial charge in [-0.25, -0.2) is 18.2 Å². The summed E-state index contributed by atoms with van der Waals surface area (Å²) >= 11 is 0. The zero-order valence-corrected chi connectivity index (χ0v) is 7.36. The fraction of sp³-hybridized carbons (Fsp3) is 0.250. The Morgan fingerprint density at radius 1 is 1.31 bits per heavy atom. The molecule has 0 N–H and O–H groups in total. The number of nitrogens with zero attached hydrogens (tertiary/aromatic N) is 1. The maximum Gasteiger partial charge on any atom is 0.436 e. The molecule has 0 bridgehead atoms. The van der Waals surface area contributed by atoms with Gasteiger partial charge in [-0.05, 0) is 6.07 Å². The number of alkyl halides is 5. The second kappa shape index (κ2) is 4.11. The molecule has 88 valence electrons. The van der Waals surface area contributed by atoms with Gasteiger partial charge in [-0.1, -0.05) is 0 Å². The molecule has 0 radical (unpaired) electrons. The maximum atomic E-state index is 13.0. The van der Waals surface area contributed by atoms with E-state index in [1.165, 1.54) is 0 Å². The van der Waals surface area contributed by atoms with Crippen molar-refractivity contribution in [1.82, 2.24) is 4.98 Å². The quantitative estimate of drug-likeness (QED) is 0.590. The molecule has 2 nitrogen and oxygen atoms in total. The van der Waals surface area contributed by atoms with E-state index in [4.69, 9.17) is 0 Å². The Morgan fingerprint density at radius 3 is 2.25 bits per heavy atom. The lowest BCUT2D eigenvalue weighted by molar-refractivity contribution is -0.144. The van der Waals surface area contributed by atoms with Crippen molar-refractivity contribution < 1.29 is 31.1 Å². The number of aldehydes is 1. The van der Waals surface area contributed by atoms with Gasteiger partial charge in [0.25, 0.3) is 6.43 Å². The molecule has 16 heavy (non-hydrogen) atoms. The molecule has 0 spiro atoms. The van der Waals surface area contributed by atoms with Crippen LogP contribution < -0.4 is 0 Å². The molecule has 0 saturated heterocycles. The average molecular weight is 243 g/mol. The Labute approximate surface area is 84.9 Å². The highest BCUT2D eigenvalue weighted by Gasteiger charge is 2.38. The van der Waals surface area contributed by atoms with Gasteiger partial charge < -0.3 is 0 Å². The van der Waals surface area contributed by atoms with E-state index in [1.807, 2.05) is 0 Å². The fourth-order valence-electron chi connectivity index (χ4n) is 0.977. The molecule has 1 rings (SSSR count). The van der Waals surface area contributed by atoms with Gasteiger partial charge in [-0.3, -0.25) is 4.79 Å². The van der Waals surface area contributed by atoms with Crippen LogP contribution in [0.1, 0.15) is 28.2 Å². The molecule has 0 atom stereocenters. The van der Waals surface area contributed by atoms with Crippen LogP contribution in [0, 0.1) is 5.82 Å². The summed E-state index contributed by atoms with van der Waals surface area (Å²) in [5.41, 5.74) is -4.51. The zero-order valence-electron chi connectivity index (χ0n) is 7.36. The molecule has 1 heterocycles. The van der Waals surface area contributed by atoms with Crippen LogP contribution in [0.15, 0.2) is 6.07 Å². The third-order valence-corrected chi connectivity index (χ3v) is 1.63. The van der Waals surface area contributed by atoms with Gasteiger partial charge in [0.05, 0.1) is 5.56 Å². The number of hydrogen-bond acceptors (Lipinski definition) is 2. The van der Waals surface area contributed by atoms with Gasteiger partial charge >= 0.3 is 6.18 Å². The predicted octanol–water partition coefficient (Wildman–Crippen LogP) is 2.99. The molecule has 1 aromatic heterocycles. The summed E-state index contributed by atoms with van der Waals surface area (Å²) in [6.45, 7) is 0. The summed E-state index contributed by atoms with van der Waals surface area (Å²) in [4.78, 5) is 12.8. The lowest BCUT2D eigenvalue weighted by atomic mass is 10.1. The molecule has 0 aromatic carbocycles. The summed E-state index contributed by atoms with van der Waals surface area (Å²) in [6, 6.07) is 0.280. The molecule has 0 aliphatic carbocycles. The Hall–Kier alpha value is -1.60. The Morgan fingerprint density at radius 2 is 1.88 bits per heavy atom. The lowest BCUT2D eigenvalue weighted by Crippen LogP contribution is -2.15. The van der Waals surface area contributed by atoms with Crippen LogP contribution in [-0.2, 0) is 6.18 Å². The van der Waals surface area contributed by atoms with Gasteiger partial charge in [0, 0.05) is 0 Å². The van der Waals surface area contributed by atoms with Gasteiger partial charge in [0.15, 0.2) is 17.8 Å². The summed E-state index contributed by atoms with van der Waals surface area (Å²) in [7, 11) is 0. The average Bonchev–Trinajstić information content (AvgIpc) is 2.15. The van der Waals surface area contributed by atoms with Crippen LogP contribution in [0.3, 0.4) is 0 Å². The summed E-state index contributed by atoms with van der Waals surface area (Å²) in [6.07, 6.45) is -8.85. The number of aromatic nitrogens is 1. The molecule has 0 aliphatic heterocycles. The minimum atomic E-state index is -5.23. The standard InChI is InChI=1S/C8H3F6NO/c9-5-4(7(10)11)1-3(2-16)15-6(5)8(12,13)14/h1-2,7H. The summed E-state index contributed by atoms with van der Waals surface area (Å²) in [5, 5.41) is 0. The monoisotopic (exact) mass is 243 g/mol. The number of rotatable bonds is 2. The van der Waals surface area contributed by atoms with E-state index < -0.39 is 35.4 Å². The molecular weight excluding hydrogens is 240 g/mol. The van der Waals surface area contributed by atoms with Crippen molar-refractivity contribution >= 4 is 6.29 Å². The summed E-state index contributed by atoms with van der Waals surface area (Å²) < 4.78 is 73.7. The number of carbonyl (C=O) groups excluding carboxylic acids is 1. The second-order valence-corrected chi connectivity index (χ2v) is 2.72. The minimum absolute atomic E-state index is 0.166. The van der Waals surface area contributed by atoms with Crippen molar-refractivity contribution in [2.45, 2.75) is 12.6 Å². The molecule has 0 amide bonds. The number of hydrogen-bond donors (Lipinski definition) is 0. The van der Waals surface area contributed by atoms with Gasteiger partial charge in [0.2, 0.25) is 0 Å². The van der Waals surface area contributed by atoms with Gasteiger partial charge in [-0.2, -0.15) is 13.2 Å². The largest absolute Gasteiger partial charge is 0.436 e. The number of halogens is 6. The van der Waals surface area contributed by atoms with Crippen LogP contribution in [0.2, 0.25) is 0 Å². The van der Waals surface area contributed by atoms with E-state index in [2.05, 4.69) is 4.98 Å². The maximum absolute atomic E-state index is 13.0. The van der Waals surface area contributed by atoms with E-state index in [1.54, 1.807) is 0 Å². The zero-order chi connectivity index (χ0) is 12.5. The van der Waals surface area contributed by atoms with Gasteiger partial charge in [-0.15, -0.1) is 0 Å². The van der Waals surface area contributed by atoms with Crippen LogP contribution in [0.4, 0.5) is 26.3 Å². The normalized spacial score (nSPS) is 11.9.